The summed E-state index contributed by atoms with van der Waals surface area (Å²) in [5.41, 5.74) is 2.43. The number of morpholine rings is 1. The van der Waals surface area contributed by atoms with E-state index in [1.54, 1.807) is 47.4 Å². The van der Waals surface area contributed by atoms with E-state index in [0.29, 0.717) is 48.8 Å². The molecule has 174 valence electrons. The van der Waals surface area contributed by atoms with Crippen molar-refractivity contribution in [1.29, 1.82) is 0 Å². The van der Waals surface area contributed by atoms with Crippen LogP contribution in [0.5, 0.6) is 0 Å². The zero-order valence-electron chi connectivity index (χ0n) is 18.7. The molecule has 0 saturated carbocycles. The third kappa shape index (κ3) is 6.10. The number of piperidine rings is 1. The Hall–Kier alpha value is -3.39. The number of anilines is 2. The Morgan fingerprint density at radius 3 is 2.00 bits per heavy atom. The normalized spacial score (nSPS) is 16.2. The van der Waals surface area contributed by atoms with Crippen LogP contribution in [0, 0.1) is 0 Å². The third-order valence-electron chi connectivity index (χ3n) is 5.90. The Morgan fingerprint density at radius 2 is 1.33 bits per heavy atom. The summed E-state index contributed by atoms with van der Waals surface area (Å²) in [4.78, 5) is 41.5. The fraction of sp³-hybridized carbons (Fsp3) is 0.400. The van der Waals surface area contributed by atoms with Gasteiger partial charge >= 0.3 is 0 Å². The van der Waals surface area contributed by atoms with Crippen molar-refractivity contribution in [2.24, 2.45) is 0 Å². The van der Waals surface area contributed by atoms with Gasteiger partial charge in [-0.15, -0.1) is 0 Å². The first-order chi connectivity index (χ1) is 16.1. The largest absolute Gasteiger partial charge is 0.378 e. The fourth-order valence-corrected chi connectivity index (χ4v) is 4.11. The summed E-state index contributed by atoms with van der Waals surface area (Å²) < 4.78 is 5.30. The Bertz CT molecular complexity index is 997. The Balaban J connectivity index is 1.31. The molecule has 0 aromatic heterocycles. The second kappa shape index (κ2) is 11.0. The van der Waals surface area contributed by atoms with Gasteiger partial charge in [-0.3, -0.25) is 14.4 Å². The molecule has 2 aliphatic rings. The number of benzene rings is 2. The fourth-order valence-electron chi connectivity index (χ4n) is 4.11. The summed E-state index contributed by atoms with van der Waals surface area (Å²) in [6, 6.07) is 14.2. The van der Waals surface area contributed by atoms with E-state index in [-0.39, 0.29) is 24.3 Å². The maximum atomic E-state index is 12.7. The van der Waals surface area contributed by atoms with Crippen molar-refractivity contribution in [2.45, 2.75) is 19.3 Å². The number of carbonyl (C=O) groups excluding carboxylic acids is 3. The summed E-state index contributed by atoms with van der Waals surface area (Å²) in [5, 5.41) is 5.91. The first kappa shape index (κ1) is 22.8. The second-order valence-corrected chi connectivity index (χ2v) is 8.32. The van der Waals surface area contributed by atoms with Crippen molar-refractivity contribution < 1.29 is 19.1 Å². The molecule has 2 heterocycles. The molecule has 4 rings (SSSR count). The topological polar surface area (TPSA) is 91.0 Å². The van der Waals surface area contributed by atoms with Gasteiger partial charge in [-0.1, -0.05) is 12.1 Å². The van der Waals surface area contributed by atoms with Crippen LogP contribution in [0.4, 0.5) is 11.4 Å². The predicted molar refractivity (Wildman–Crippen MR) is 126 cm³/mol. The highest BCUT2D eigenvalue weighted by atomic mass is 16.5. The first-order valence-corrected chi connectivity index (χ1v) is 11.5. The summed E-state index contributed by atoms with van der Waals surface area (Å²) in [5.74, 6) is -0.269. The number of carbonyl (C=O) groups is 3. The molecule has 33 heavy (non-hydrogen) atoms. The van der Waals surface area contributed by atoms with E-state index in [4.69, 9.17) is 4.74 Å². The SMILES string of the molecule is O=C(CNc1cccc(C(=O)N2CCOCC2)c1)Nc1cccc(C(=O)N2CCCCC2)c1. The van der Waals surface area contributed by atoms with Gasteiger partial charge < -0.3 is 25.2 Å². The zero-order valence-corrected chi connectivity index (χ0v) is 18.7. The maximum Gasteiger partial charge on any atom is 0.254 e. The molecular weight excluding hydrogens is 420 g/mol. The molecule has 0 spiro atoms. The van der Waals surface area contributed by atoms with Gasteiger partial charge in [0, 0.05) is 48.7 Å². The zero-order chi connectivity index (χ0) is 23.0. The Labute approximate surface area is 193 Å². The second-order valence-electron chi connectivity index (χ2n) is 8.32. The lowest BCUT2D eigenvalue weighted by atomic mass is 10.1. The van der Waals surface area contributed by atoms with Gasteiger partial charge in [0.2, 0.25) is 5.91 Å². The monoisotopic (exact) mass is 450 g/mol. The van der Waals surface area contributed by atoms with E-state index in [2.05, 4.69) is 10.6 Å². The van der Waals surface area contributed by atoms with E-state index < -0.39 is 0 Å². The van der Waals surface area contributed by atoms with Gasteiger partial charge in [-0.2, -0.15) is 0 Å². The highest BCUT2D eigenvalue weighted by Crippen LogP contribution is 2.17. The molecule has 3 amide bonds. The van der Waals surface area contributed by atoms with Gasteiger partial charge in [0.15, 0.2) is 0 Å². The lowest BCUT2D eigenvalue weighted by Gasteiger charge is -2.27. The molecule has 8 nitrogen and oxygen atoms in total. The van der Waals surface area contributed by atoms with E-state index in [1.807, 2.05) is 11.0 Å². The van der Waals surface area contributed by atoms with Crippen molar-refractivity contribution in [1.82, 2.24) is 9.80 Å². The molecule has 2 N–H and O–H groups in total. The molecular formula is C25H30N4O4. The van der Waals surface area contributed by atoms with Crippen molar-refractivity contribution in [3.63, 3.8) is 0 Å². The van der Waals surface area contributed by atoms with Crippen molar-refractivity contribution >= 4 is 29.1 Å². The predicted octanol–water partition coefficient (Wildman–Crippen LogP) is 2.84. The standard InChI is InChI=1S/C25H30N4O4/c30-23(27-22-9-5-7-20(17-22)24(31)28-10-2-1-3-11-28)18-26-21-8-4-6-19(16-21)25(32)29-12-14-33-15-13-29/h4-9,16-17,26H,1-3,10-15,18H2,(H,27,30). The van der Waals surface area contributed by atoms with Gasteiger partial charge in [0.1, 0.15) is 0 Å². The van der Waals surface area contributed by atoms with E-state index in [1.165, 1.54) is 0 Å². The molecule has 2 aromatic rings. The van der Waals surface area contributed by atoms with Gasteiger partial charge in [0.25, 0.3) is 11.8 Å². The summed E-state index contributed by atoms with van der Waals surface area (Å²) in [6.07, 6.45) is 3.23. The summed E-state index contributed by atoms with van der Waals surface area (Å²) >= 11 is 0. The van der Waals surface area contributed by atoms with Gasteiger partial charge in [-0.05, 0) is 55.7 Å². The molecule has 2 saturated heterocycles. The molecule has 0 radical (unpaired) electrons. The van der Waals surface area contributed by atoms with Crippen LogP contribution in [0.1, 0.15) is 40.0 Å². The van der Waals surface area contributed by atoms with Crippen LogP contribution in [-0.2, 0) is 9.53 Å². The highest BCUT2D eigenvalue weighted by Gasteiger charge is 2.20. The maximum absolute atomic E-state index is 12.7. The molecule has 2 aliphatic heterocycles. The van der Waals surface area contributed by atoms with Crippen LogP contribution in [0.25, 0.3) is 0 Å². The minimum Gasteiger partial charge on any atom is -0.378 e. The number of amides is 3. The Morgan fingerprint density at radius 1 is 0.758 bits per heavy atom. The summed E-state index contributed by atoms with van der Waals surface area (Å²) in [6.45, 7) is 3.87. The molecule has 2 aromatic carbocycles. The van der Waals surface area contributed by atoms with Crippen LogP contribution >= 0.6 is 0 Å². The number of nitrogens with zero attached hydrogens (tertiary/aromatic N) is 2. The van der Waals surface area contributed by atoms with Crippen molar-refractivity contribution in [3.05, 3.63) is 59.7 Å². The highest BCUT2D eigenvalue weighted by molar-refractivity contribution is 5.98. The van der Waals surface area contributed by atoms with E-state index in [0.717, 1.165) is 32.4 Å². The number of ether oxygens (including phenoxy) is 1. The number of rotatable bonds is 6. The number of likely N-dealkylation sites (tertiary alicyclic amines) is 1. The average Bonchev–Trinajstić information content (AvgIpc) is 2.88. The number of nitrogens with one attached hydrogen (secondary N) is 2. The van der Waals surface area contributed by atoms with E-state index >= 15 is 0 Å². The molecule has 0 aliphatic carbocycles. The van der Waals surface area contributed by atoms with Crippen LogP contribution in [0.15, 0.2) is 48.5 Å². The van der Waals surface area contributed by atoms with Crippen molar-refractivity contribution in [2.75, 3.05) is 56.6 Å². The molecule has 0 unspecified atom stereocenters. The quantitative estimate of drug-likeness (QED) is 0.706. The van der Waals surface area contributed by atoms with Crippen LogP contribution in [0.2, 0.25) is 0 Å². The summed E-state index contributed by atoms with van der Waals surface area (Å²) in [7, 11) is 0. The first-order valence-electron chi connectivity index (χ1n) is 11.5. The third-order valence-corrected chi connectivity index (χ3v) is 5.90. The van der Waals surface area contributed by atoms with Crippen LogP contribution in [-0.4, -0.2) is 73.5 Å². The lowest BCUT2D eigenvalue weighted by molar-refractivity contribution is -0.114. The van der Waals surface area contributed by atoms with E-state index in [9.17, 15) is 14.4 Å². The Kier molecular flexibility index (Phi) is 7.57. The smallest absolute Gasteiger partial charge is 0.254 e. The molecule has 8 heteroatoms. The number of hydrogen-bond donors (Lipinski definition) is 2. The molecule has 0 atom stereocenters. The number of hydrogen-bond acceptors (Lipinski definition) is 5. The minimum absolute atomic E-state index is 0.00525. The van der Waals surface area contributed by atoms with Crippen molar-refractivity contribution in [3.8, 4) is 0 Å². The van der Waals surface area contributed by atoms with Crippen LogP contribution in [0.3, 0.4) is 0 Å². The minimum atomic E-state index is -0.234. The molecule has 2 fully saturated rings. The average molecular weight is 451 g/mol. The van der Waals surface area contributed by atoms with Crippen LogP contribution < -0.4 is 10.6 Å². The lowest BCUT2D eigenvalue weighted by Crippen LogP contribution is -2.40. The van der Waals surface area contributed by atoms with Gasteiger partial charge in [-0.25, -0.2) is 0 Å². The molecule has 0 bridgehead atoms. The van der Waals surface area contributed by atoms with Gasteiger partial charge in [0.05, 0.1) is 19.8 Å².